The van der Waals surface area contributed by atoms with Gasteiger partial charge in [0.1, 0.15) is 5.60 Å². The Morgan fingerprint density at radius 1 is 1.30 bits per heavy atom. The highest BCUT2D eigenvalue weighted by molar-refractivity contribution is 7.91. The predicted molar refractivity (Wildman–Crippen MR) is 92.7 cm³/mol. The van der Waals surface area contributed by atoms with Crippen molar-refractivity contribution in [3.05, 3.63) is 18.3 Å². The third kappa shape index (κ3) is 6.46. The quantitative estimate of drug-likeness (QED) is 0.694. The van der Waals surface area contributed by atoms with Crippen LogP contribution in [0, 0.1) is 5.92 Å². The lowest BCUT2D eigenvalue weighted by molar-refractivity contribution is -0.0529. The van der Waals surface area contributed by atoms with Crippen molar-refractivity contribution in [2.45, 2.75) is 56.2 Å². The fourth-order valence-corrected chi connectivity index (χ4v) is 3.86. The van der Waals surface area contributed by atoms with E-state index in [2.05, 4.69) is 9.72 Å². The molecule has 1 fully saturated rings. The summed E-state index contributed by atoms with van der Waals surface area (Å²) < 4.78 is 60.7. The van der Waals surface area contributed by atoms with E-state index in [1.807, 2.05) is 0 Å². The lowest BCUT2D eigenvalue weighted by Crippen LogP contribution is -2.44. The standard InChI is InChI=1S/C17H23F3N2O4S/c1-17(2,3)26-16(23)22-8-6-11(7-9-22)14(18)27(24)12-4-5-13(21-10-12)25-15(19)20/h4-5,10-11,14-15H,6-9H2,1-3H3. The monoisotopic (exact) mass is 408 g/mol. The number of carbonyl (C=O) groups is 1. The number of piperidine rings is 1. The van der Waals surface area contributed by atoms with E-state index in [-0.39, 0.29) is 10.8 Å². The molecule has 0 spiro atoms. The van der Waals surface area contributed by atoms with Gasteiger partial charge in [0.15, 0.2) is 4.90 Å². The smallest absolute Gasteiger partial charge is 0.410 e. The van der Waals surface area contributed by atoms with Crippen molar-refractivity contribution in [3.63, 3.8) is 0 Å². The highest BCUT2D eigenvalue weighted by atomic mass is 32.2. The lowest BCUT2D eigenvalue weighted by atomic mass is 9.98. The van der Waals surface area contributed by atoms with Gasteiger partial charge in [-0.1, -0.05) is 0 Å². The zero-order valence-electron chi connectivity index (χ0n) is 15.4. The van der Waals surface area contributed by atoms with Crippen LogP contribution in [0.25, 0.3) is 0 Å². The number of likely N-dealkylation sites (tertiary alicyclic amines) is 1. The molecule has 0 aliphatic carbocycles. The van der Waals surface area contributed by atoms with Crippen LogP contribution in [0.2, 0.25) is 0 Å². The van der Waals surface area contributed by atoms with Gasteiger partial charge in [0, 0.05) is 42.3 Å². The Balaban J connectivity index is 1.89. The van der Waals surface area contributed by atoms with Gasteiger partial charge in [0.25, 0.3) is 5.50 Å². The molecule has 1 aromatic heterocycles. The number of ether oxygens (including phenoxy) is 2. The lowest BCUT2D eigenvalue weighted by Gasteiger charge is -2.34. The molecule has 2 rings (SSSR count). The average molecular weight is 408 g/mol. The molecule has 1 aliphatic rings. The van der Waals surface area contributed by atoms with Gasteiger partial charge in [-0.25, -0.2) is 9.78 Å². The number of hydrogen-bond acceptors (Lipinski definition) is 5. The third-order valence-electron chi connectivity index (χ3n) is 3.92. The van der Waals surface area contributed by atoms with Gasteiger partial charge in [-0.05, 0) is 33.6 Å². The summed E-state index contributed by atoms with van der Waals surface area (Å²) in [5, 5.41) is 0. The number of pyridine rings is 1. The van der Waals surface area contributed by atoms with Gasteiger partial charge in [-0.3, -0.25) is 0 Å². The molecule has 10 heteroatoms. The summed E-state index contributed by atoms with van der Waals surface area (Å²) in [5.41, 5.74) is -2.25. The number of hydrogen-bond donors (Lipinski definition) is 0. The predicted octanol–water partition coefficient (Wildman–Crippen LogP) is 3.73. The van der Waals surface area contributed by atoms with E-state index in [0.717, 1.165) is 12.3 Å². The maximum atomic E-state index is 14.7. The Kier molecular flexibility index (Phi) is 7.21. The summed E-state index contributed by atoms with van der Waals surface area (Å²) in [6, 6.07) is 2.38. The minimum atomic E-state index is -3.02. The van der Waals surface area contributed by atoms with E-state index in [1.165, 1.54) is 11.0 Å². The van der Waals surface area contributed by atoms with Gasteiger partial charge in [0.05, 0.1) is 6.20 Å². The van der Waals surface area contributed by atoms with Crippen LogP contribution in [0.3, 0.4) is 0 Å². The Morgan fingerprint density at radius 3 is 2.41 bits per heavy atom. The molecule has 0 bridgehead atoms. The molecule has 1 aromatic rings. The van der Waals surface area contributed by atoms with Crippen molar-refractivity contribution < 1.29 is 32.0 Å². The molecule has 2 unspecified atom stereocenters. The molecule has 1 saturated heterocycles. The Labute approximate surface area is 159 Å². The molecule has 6 nitrogen and oxygen atoms in total. The molecule has 0 radical (unpaired) electrons. The Hall–Kier alpha value is -1.68. The second-order valence-corrected chi connectivity index (χ2v) is 8.68. The number of carbonyl (C=O) groups excluding carboxylic acids is 1. The van der Waals surface area contributed by atoms with Gasteiger partial charge in [-0.15, -0.1) is 0 Å². The summed E-state index contributed by atoms with van der Waals surface area (Å²) in [6.07, 6.45) is 1.32. The summed E-state index contributed by atoms with van der Waals surface area (Å²) >= 11 is -1.99. The second-order valence-electron chi connectivity index (χ2n) is 7.16. The summed E-state index contributed by atoms with van der Waals surface area (Å²) in [4.78, 5) is 17.2. The van der Waals surface area contributed by atoms with E-state index in [4.69, 9.17) is 4.74 Å². The molecule has 27 heavy (non-hydrogen) atoms. The SMILES string of the molecule is CC(C)(C)OC(=O)N1CCC(C(F)[S+]([O-])c2ccc(OC(F)F)nc2)CC1. The van der Waals surface area contributed by atoms with Crippen molar-refractivity contribution in [2.75, 3.05) is 13.1 Å². The van der Waals surface area contributed by atoms with E-state index < -0.39 is 40.9 Å². The topological polar surface area (TPSA) is 74.7 Å². The Bertz CT molecular complexity index is 620. The maximum Gasteiger partial charge on any atom is 0.410 e. The zero-order valence-corrected chi connectivity index (χ0v) is 16.2. The minimum absolute atomic E-state index is 0.0960. The van der Waals surface area contributed by atoms with Crippen LogP contribution in [-0.2, 0) is 15.9 Å². The van der Waals surface area contributed by atoms with Gasteiger partial charge >= 0.3 is 12.7 Å². The molecule has 2 atom stereocenters. The molecule has 152 valence electrons. The van der Waals surface area contributed by atoms with Crippen molar-refractivity contribution in [1.82, 2.24) is 9.88 Å². The van der Waals surface area contributed by atoms with Crippen LogP contribution in [0.5, 0.6) is 5.88 Å². The van der Waals surface area contributed by atoms with Crippen LogP contribution in [-0.4, -0.2) is 51.3 Å². The average Bonchev–Trinajstić information content (AvgIpc) is 2.59. The first-order valence-corrected chi connectivity index (χ1v) is 9.71. The second kappa shape index (κ2) is 9.01. The molecule has 2 heterocycles. The van der Waals surface area contributed by atoms with Crippen LogP contribution in [0.4, 0.5) is 18.0 Å². The van der Waals surface area contributed by atoms with Crippen molar-refractivity contribution in [2.24, 2.45) is 5.92 Å². The normalized spacial score (nSPS) is 18.3. The van der Waals surface area contributed by atoms with Crippen molar-refractivity contribution in [1.29, 1.82) is 0 Å². The van der Waals surface area contributed by atoms with E-state index >= 15 is 0 Å². The van der Waals surface area contributed by atoms with Gasteiger partial charge in [-0.2, -0.15) is 13.2 Å². The fraction of sp³-hybridized carbons (Fsp3) is 0.647. The van der Waals surface area contributed by atoms with E-state index in [9.17, 15) is 22.5 Å². The molecule has 1 aliphatic heterocycles. The fourth-order valence-electron chi connectivity index (χ4n) is 2.62. The van der Waals surface area contributed by atoms with Crippen LogP contribution >= 0.6 is 0 Å². The summed E-state index contributed by atoms with van der Waals surface area (Å²) in [7, 11) is 0. The van der Waals surface area contributed by atoms with Crippen molar-refractivity contribution in [3.8, 4) is 5.88 Å². The van der Waals surface area contributed by atoms with Crippen LogP contribution in [0.1, 0.15) is 33.6 Å². The highest BCUT2D eigenvalue weighted by Crippen LogP contribution is 2.30. The zero-order chi connectivity index (χ0) is 20.2. The number of halogens is 3. The Morgan fingerprint density at radius 2 is 1.93 bits per heavy atom. The summed E-state index contributed by atoms with van der Waals surface area (Å²) in [6.45, 7) is 2.92. The third-order valence-corrected chi connectivity index (χ3v) is 5.42. The number of amides is 1. The molecule has 0 N–H and O–H groups in total. The highest BCUT2D eigenvalue weighted by Gasteiger charge is 2.37. The molecule has 0 aromatic carbocycles. The van der Waals surface area contributed by atoms with Gasteiger partial charge in [0.2, 0.25) is 5.88 Å². The molecule has 1 amide bonds. The summed E-state index contributed by atoms with van der Waals surface area (Å²) in [5.74, 6) is -0.812. The number of nitrogens with zero attached hydrogens (tertiary/aromatic N) is 2. The maximum absolute atomic E-state index is 14.7. The number of rotatable bonds is 5. The van der Waals surface area contributed by atoms with E-state index in [1.54, 1.807) is 20.8 Å². The molecule has 0 saturated carbocycles. The minimum Gasteiger partial charge on any atom is -0.609 e. The first-order chi connectivity index (χ1) is 12.6. The van der Waals surface area contributed by atoms with Crippen LogP contribution < -0.4 is 4.74 Å². The largest absolute Gasteiger partial charge is 0.609 e. The molecular formula is C17H23F3N2O4S. The van der Waals surface area contributed by atoms with Crippen molar-refractivity contribution >= 4 is 17.3 Å². The number of aromatic nitrogens is 1. The number of alkyl halides is 3. The first kappa shape index (κ1) is 21.6. The first-order valence-electron chi connectivity index (χ1n) is 8.50. The molecular weight excluding hydrogens is 385 g/mol. The van der Waals surface area contributed by atoms with Gasteiger partial charge < -0.3 is 18.9 Å². The van der Waals surface area contributed by atoms with Crippen LogP contribution in [0.15, 0.2) is 23.2 Å². The van der Waals surface area contributed by atoms with E-state index in [0.29, 0.717) is 25.9 Å².